The molecule has 2 N–H and O–H groups in total. The van der Waals surface area contributed by atoms with Gasteiger partial charge in [-0.25, -0.2) is 13.6 Å². The summed E-state index contributed by atoms with van der Waals surface area (Å²) in [5.41, 5.74) is -0.915. The van der Waals surface area contributed by atoms with Gasteiger partial charge in [-0.2, -0.15) is 0 Å². The van der Waals surface area contributed by atoms with E-state index < -0.39 is 28.9 Å². The third-order valence-electron chi connectivity index (χ3n) is 2.40. The van der Waals surface area contributed by atoms with Crippen LogP contribution in [0.4, 0.5) is 14.5 Å². The van der Waals surface area contributed by atoms with Crippen molar-refractivity contribution < 1.29 is 23.5 Å². The van der Waals surface area contributed by atoms with E-state index in [4.69, 9.17) is 5.11 Å². The number of halogens is 2. The molecule has 1 rings (SSSR count). The zero-order valence-corrected chi connectivity index (χ0v) is 10.5. The molecule has 5 nitrogen and oxygen atoms in total. The number of benzene rings is 1. The quantitative estimate of drug-likeness (QED) is 0.846. The number of carboxylic acid groups (broad SMARTS) is 1. The fourth-order valence-electron chi connectivity index (χ4n) is 1.60. The van der Waals surface area contributed by atoms with Crippen LogP contribution < -0.4 is 10.2 Å². The molecule has 0 bridgehead atoms. The van der Waals surface area contributed by atoms with Gasteiger partial charge in [0.15, 0.2) is 0 Å². The van der Waals surface area contributed by atoms with E-state index in [9.17, 15) is 18.4 Å². The summed E-state index contributed by atoms with van der Waals surface area (Å²) in [5, 5.41) is 11.2. The molecule has 104 valence electrons. The van der Waals surface area contributed by atoms with Gasteiger partial charge in [0, 0.05) is 13.6 Å². The maximum absolute atomic E-state index is 13.7. The first-order valence-corrected chi connectivity index (χ1v) is 5.57. The molecule has 0 aliphatic heterocycles. The van der Waals surface area contributed by atoms with E-state index >= 15 is 0 Å². The Balaban J connectivity index is 3.00. The summed E-state index contributed by atoms with van der Waals surface area (Å²) in [5.74, 6) is -3.85. The monoisotopic (exact) mass is 272 g/mol. The highest BCUT2D eigenvalue weighted by atomic mass is 19.1. The average molecular weight is 272 g/mol. The van der Waals surface area contributed by atoms with Crippen molar-refractivity contribution in [2.24, 2.45) is 0 Å². The summed E-state index contributed by atoms with van der Waals surface area (Å²) in [4.78, 5) is 23.1. The predicted molar refractivity (Wildman–Crippen MR) is 65.3 cm³/mol. The van der Waals surface area contributed by atoms with Gasteiger partial charge in [-0.15, -0.1) is 0 Å². The zero-order chi connectivity index (χ0) is 14.6. The minimum absolute atomic E-state index is 0.228. The Morgan fingerprint density at radius 2 is 1.84 bits per heavy atom. The molecular formula is C12H14F2N2O3. The van der Waals surface area contributed by atoms with Crippen molar-refractivity contribution in [1.82, 2.24) is 5.32 Å². The third-order valence-corrected chi connectivity index (χ3v) is 2.40. The second-order valence-electron chi connectivity index (χ2n) is 3.90. The highest BCUT2D eigenvalue weighted by Gasteiger charge is 2.19. The number of nitrogens with one attached hydrogen (secondary N) is 1. The van der Waals surface area contributed by atoms with Gasteiger partial charge in [-0.05, 0) is 19.1 Å². The van der Waals surface area contributed by atoms with Crippen LogP contribution in [0.3, 0.4) is 0 Å². The number of carbonyl (C=O) groups is 2. The number of carbonyl (C=O) groups excluding carboxylic acids is 1. The number of carboxylic acids is 1. The van der Waals surface area contributed by atoms with Gasteiger partial charge in [0.2, 0.25) is 5.91 Å². The summed E-state index contributed by atoms with van der Waals surface area (Å²) < 4.78 is 27.4. The van der Waals surface area contributed by atoms with Crippen molar-refractivity contribution >= 4 is 17.6 Å². The molecule has 0 saturated carbocycles. The van der Waals surface area contributed by atoms with Gasteiger partial charge in [0.05, 0.1) is 12.1 Å². The van der Waals surface area contributed by atoms with Gasteiger partial charge in [0.25, 0.3) is 0 Å². The molecule has 1 amide bonds. The molecule has 0 spiro atoms. The fourth-order valence-corrected chi connectivity index (χ4v) is 1.60. The normalized spacial score (nSPS) is 10.1. The average Bonchev–Trinajstić information content (AvgIpc) is 2.27. The number of anilines is 1. The van der Waals surface area contributed by atoms with E-state index in [0.717, 1.165) is 17.0 Å². The van der Waals surface area contributed by atoms with Crippen molar-refractivity contribution in [3.63, 3.8) is 0 Å². The van der Waals surface area contributed by atoms with Crippen LogP contribution in [0.1, 0.15) is 17.3 Å². The van der Waals surface area contributed by atoms with Gasteiger partial charge in [0.1, 0.15) is 17.3 Å². The van der Waals surface area contributed by atoms with Crippen molar-refractivity contribution in [3.05, 3.63) is 29.3 Å². The number of nitrogens with zero attached hydrogens (tertiary/aromatic N) is 1. The smallest absolute Gasteiger partial charge is 0.335 e. The molecule has 0 heterocycles. The zero-order valence-electron chi connectivity index (χ0n) is 10.5. The minimum Gasteiger partial charge on any atom is -0.478 e. The van der Waals surface area contributed by atoms with Gasteiger partial charge in [-0.1, -0.05) is 0 Å². The van der Waals surface area contributed by atoms with Crippen molar-refractivity contribution in [1.29, 1.82) is 0 Å². The van der Waals surface area contributed by atoms with E-state index in [1.807, 2.05) is 0 Å². The lowest BCUT2D eigenvalue weighted by Crippen LogP contribution is -2.35. The topological polar surface area (TPSA) is 69.6 Å². The lowest BCUT2D eigenvalue weighted by Gasteiger charge is -2.20. The van der Waals surface area contributed by atoms with E-state index in [2.05, 4.69) is 5.32 Å². The molecule has 0 fully saturated rings. The molecule has 0 aliphatic rings. The maximum Gasteiger partial charge on any atom is 0.335 e. The predicted octanol–water partition coefficient (Wildman–Crippen LogP) is 1.24. The lowest BCUT2D eigenvalue weighted by atomic mass is 10.1. The van der Waals surface area contributed by atoms with E-state index in [0.29, 0.717) is 6.54 Å². The summed E-state index contributed by atoms with van der Waals surface area (Å²) in [6.07, 6.45) is 0. The van der Waals surface area contributed by atoms with Crippen LogP contribution >= 0.6 is 0 Å². The van der Waals surface area contributed by atoms with Crippen LogP contribution in [0.25, 0.3) is 0 Å². The van der Waals surface area contributed by atoms with Crippen LogP contribution in [0.5, 0.6) is 0 Å². The number of hydrogen-bond acceptors (Lipinski definition) is 3. The number of likely N-dealkylation sites (N-methyl/N-ethyl adjacent to an activating group) is 2. The van der Waals surface area contributed by atoms with E-state index in [1.165, 1.54) is 7.05 Å². The molecule has 19 heavy (non-hydrogen) atoms. The Morgan fingerprint density at radius 3 is 2.26 bits per heavy atom. The molecular weight excluding hydrogens is 258 g/mol. The number of aromatic carboxylic acids is 1. The highest BCUT2D eigenvalue weighted by Crippen LogP contribution is 2.24. The Morgan fingerprint density at radius 1 is 1.32 bits per heavy atom. The van der Waals surface area contributed by atoms with Crippen LogP contribution in [0, 0.1) is 11.6 Å². The van der Waals surface area contributed by atoms with Gasteiger partial charge in [-0.3, -0.25) is 4.79 Å². The standard InChI is InChI=1S/C12H14F2N2O3/c1-3-15-10(17)6-16(2)11-8(13)4-7(12(18)19)5-9(11)14/h4-5H,3,6H2,1-2H3,(H,15,17)(H,18,19). The van der Waals surface area contributed by atoms with Crippen molar-refractivity contribution in [3.8, 4) is 0 Å². The van der Waals surface area contributed by atoms with Crippen LogP contribution in [-0.4, -0.2) is 37.1 Å². The molecule has 0 unspecified atom stereocenters. The van der Waals surface area contributed by atoms with E-state index in [1.54, 1.807) is 6.92 Å². The molecule has 0 aliphatic carbocycles. The van der Waals surface area contributed by atoms with E-state index in [-0.39, 0.29) is 12.5 Å². The molecule has 1 aromatic rings. The SMILES string of the molecule is CCNC(=O)CN(C)c1c(F)cc(C(=O)O)cc1F. The molecule has 0 saturated heterocycles. The second kappa shape index (κ2) is 6.12. The van der Waals surface area contributed by atoms with Crippen LogP contribution in [-0.2, 0) is 4.79 Å². The number of hydrogen-bond donors (Lipinski definition) is 2. The molecule has 7 heteroatoms. The molecule has 0 aromatic heterocycles. The number of amides is 1. The highest BCUT2D eigenvalue weighted by molar-refractivity contribution is 5.88. The Bertz CT molecular complexity index is 483. The van der Waals surface area contributed by atoms with Crippen molar-refractivity contribution in [2.45, 2.75) is 6.92 Å². The summed E-state index contributed by atoms with van der Waals surface area (Å²) in [6.45, 7) is 1.91. The third kappa shape index (κ3) is 3.64. The molecule has 0 atom stereocenters. The Labute approximate surface area is 108 Å². The fraction of sp³-hybridized carbons (Fsp3) is 0.333. The molecule has 0 radical (unpaired) electrons. The second-order valence-corrected chi connectivity index (χ2v) is 3.90. The van der Waals surface area contributed by atoms with Gasteiger partial charge >= 0.3 is 5.97 Å². The summed E-state index contributed by atoms with van der Waals surface area (Å²) in [7, 11) is 1.34. The van der Waals surface area contributed by atoms with Crippen LogP contribution in [0.15, 0.2) is 12.1 Å². The van der Waals surface area contributed by atoms with Gasteiger partial charge < -0.3 is 15.3 Å². The first-order chi connectivity index (χ1) is 8.86. The summed E-state index contributed by atoms with van der Waals surface area (Å²) in [6, 6.07) is 1.43. The summed E-state index contributed by atoms with van der Waals surface area (Å²) >= 11 is 0. The van der Waals surface area contributed by atoms with Crippen LogP contribution in [0.2, 0.25) is 0 Å². The largest absolute Gasteiger partial charge is 0.478 e. The minimum atomic E-state index is -1.42. The Kier molecular flexibility index (Phi) is 4.80. The first-order valence-electron chi connectivity index (χ1n) is 5.57. The first kappa shape index (κ1) is 14.9. The Hall–Kier alpha value is -2.18. The number of rotatable bonds is 5. The molecule has 1 aromatic carbocycles. The lowest BCUT2D eigenvalue weighted by molar-refractivity contribution is -0.119. The van der Waals surface area contributed by atoms with Crippen molar-refractivity contribution in [2.75, 3.05) is 25.0 Å². The maximum atomic E-state index is 13.7.